The van der Waals surface area contributed by atoms with Gasteiger partial charge in [-0.2, -0.15) is 0 Å². The summed E-state index contributed by atoms with van der Waals surface area (Å²) in [5, 5.41) is 0. The lowest BCUT2D eigenvalue weighted by Crippen LogP contribution is -2.25. The second kappa shape index (κ2) is 5.85. The van der Waals surface area contributed by atoms with Crippen LogP contribution in [0, 0.1) is 0 Å². The van der Waals surface area contributed by atoms with Crippen LogP contribution in [0.5, 0.6) is 5.75 Å². The van der Waals surface area contributed by atoms with E-state index in [4.69, 9.17) is 10.5 Å². The highest BCUT2D eigenvalue weighted by molar-refractivity contribution is 5.29. The SMILES string of the molecule is CC(C)(Oc1ccc(CCN)cc1)c1ccncc1. The molecule has 0 aliphatic rings. The number of aromatic nitrogens is 1. The Balaban J connectivity index is 2.11. The van der Waals surface area contributed by atoms with E-state index in [0.717, 1.165) is 17.7 Å². The molecule has 0 bridgehead atoms. The zero-order valence-corrected chi connectivity index (χ0v) is 11.5. The first-order valence-electron chi connectivity index (χ1n) is 6.50. The molecule has 0 aliphatic carbocycles. The van der Waals surface area contributed by atoms with Gasteiger partial charge in [-0.25, -0.2) is 0 Å². The van der Waals surface area contributed by atoms with Crippen LogP contribution in [0.25, 0.3) is 0 Å². The summed E-state index contributed by atoms with van der Waals surface area (Å²) in [4.78, 5) is 4.03. The molecule has 0 unspecified atom stereocenters. The third kappa shape index (κ3) is 3.55. The molecule has 3 nitrogen and oxygen atoms in total. The van der Waals surface area contributed by atoms with E-state index < -0.39 is 0 Å². The monoisotopic (exact) mass is 256 g/mol. The predicted molar refractivity (Wildman–Crippen MR) is 77.1 cm³/mol. The molecule has 1 aromatic heterocycles. The lowest BCUT2D eigenvalue weighted by atomic mass is 9.99. The Morgan fingerprint density at radius 2 is 1.68 bits per heavy atom. The third-order valence-electron chi connectivity index (χ3n) is 3.10. The maximum Gasteiger partial charge on any atom is 0.128 e. The number of nitrogens with two attached hydrogens (primary N) is 1. The summed E-state index contributed by atoms with van der Waals surface area (Å²) in [6.45, 7) is 4.77. The second-order valence-electron chi connectivity index (χ2n) is 5.03. The van der Waals surface area contributed by atoms with Crippen molar-refractivity contribution in [2.45, 2.75) is 25.9 Å². The first kappa shape index (κ1) is 13.6. The predicted octanol–water partition coefficient (Wildman–Crippen LogP) is 2.90. The molecule has 0 aliphatic heterocycles. The minimum absolute atomic E-state index is 0.377. The van der Waals surface area contributed by atoms with Crippen LogP contribution >= 0.6 is 0 Å². The topological polar surface area (TPSA) is 48.1 Å². The van der Waals surface area contributed by atoms with E-state index in [-0.39, 0.29) is 5.60 Å². The Hall–Kier alpha value is -1.87. The van der Waals surface area contributed by atoms with Gasteiger partial charge in [0.2, 0.25) is 0 Å². The van der Waals surface area contributed by atoms with Gasteiger partial charge in [-0.1, -0.05) is 12.1 Å². The summed E-state index contributed by atoms with van der Waals surface area (Å²) in [6, 6.07) is 12.1. The summed E-state index contributed by atoms with van der Waals surface area (Å²) in [7, 11) is 0. The molecular weight excluding hydrogens is 236 g/mol. The molecular formula is C16H20N2O. The number of ether oxygens (including phenoxy) is 1. The van der Waals surface area contributed by atoms with Crippen molar-refractivity contribution < 1.29 is 4.74 Å². The number of hydrogen-bond donors (Lipinski definition) is 1. The summed E-state index contributed by atoms with van der Waals surface area (Å²) in [5.41, 5.74) is 7.50. The maximum atomic E-state index is 6.06. The van der Waals surface area contributed by atoms with Gasteiger partial charge in [0.05, 0.1) is 0 Å². The van der Waals surface area contributed by atoms with Crippen LogP contribution in [0.3, 0.4) is 0 Å². The molecule has 100 valence electrons. The van der Waals surface area contributed by atoms with Crippen molar-refractivity contribution in [2.24, 2.45) is 5.73 Å². The highest BCUT2D eigenvalue weighted by Crippen LogP contribution is 2.27. The molecule has 0 radical (unpaired) electrons. The standard InChI is InChI=1S/C16H20N2O/c1-16(2,14-8-11-18-12-9-14)19-15-5-3-13(4-6-15)7-10-17/h3-6,8-9,11-12H,7,10,17H2,1-2H3. The molecule has 1 heterocycles. The van der Waals surface area contributed by atoms with Gasteiger partial charge < -0.3 is 10.5 Å². The van der Waals surface area contributed by atoms with Crippen molar-refractivity contribution in [2.75, 3.05) is 6.54 Å². The fourth-order valence-electron chi connectivity index (χ4n) is 2.00. The number of hydrogen-bond acceptors (Lipinski definition) is 3. The first-order valence-corrected chi connectivity index (χ1v) is 6.50. The van der Waals surface area contributed by atoms with Crippen LogP contribution < -0.4 is 10.5 Å². The quantitative estimate of drug-likeness (QED) is 0.894. The minimum atomic E-state index is -0.377. The van der Waals surface area contributed by atoms with E-state index in [1.165, 1.54) is 5.56 Å². The molecule has 0 saturated carbocycles. The first-order chi connectivity index (χ1) is 9.12. The Kier molecular flexibility index (Phi) is 4.17. The third-order valence-corrected chi connectivity index (χ3v) is 3.10. The average Bonchev–Trinajstić information content (AvgIpc) is 2.42. The molecule has 0 fully saturated rings. The maximum absolute atomic E-state index is 6.06. The van der Waals surface area contributed by atoms with Gasteiger partial charge in [-0.05, 0) is 62.2 Å². The van der Waals surface area contributed by atoms with Crippen LogP contribution in [-0.2, 0) is 12.0 Å². The van der Waals surface area contributed by atoms with Crippen molar-refractivity contribution in [3.8, 4) is 5.75 Å². The smallest absolute Gasteiger partial charge is 0.128 e. The number of benzene rings is 1. The number of nitrogens with zero attached hydrogens (tertiary/aromatic N) is 1. The highest BCUT2D eigenvalue weighted by Gasteiger charge is 2.22. The van der Waals surface area contributed by atoms with Crippen molar-refractivity contribution in [1.82, 2.24) is 4.98 Å². The zero-order valence-electron chi connectivity index (χ0n) is 11.5. The normalized spacial score (nSPS) is 11.3. The van der Waals surface area contributed by atoms with Crippen LogP contribution in [0.1, 0.15) is 25.0 Å². The number of rotatable bonds is 5. The highest BCUT2D eigenvalue weighted by atomic mass is 16.5. The van der Waals surface area contributed by atoms with E-state index in [9.17, 15) is 0 Å². The van der Waals surface area contributed by atoms with Gasteiger partial charge in [0, 0.05) is 12.4 Å². The van der Waals surface area contributed by atoms with E-state index in [1.54, 1.807) is 12.4 Å². The van der Waals surface area contributed by atoms with E-state index >= 15 is 0 Å². The Bertz CT molecular complexity index is 506. The van der Waals surface area contributed by atoms with E-state index in [2.05, 4.69) is 31.0 Å². The molecule has 2 rings (SSSR count). The molecule has 0 amide bonds. The summed E-state index contributed by atoms with van der Waals surface area (Å²) < 4.78 is 6.06. The van der Waals surface area contributed by atoms with Crippen molar-refractivity contribution >= 4 is 0 Å². The fourth-order valence-corrected chi connectivity index (χ4v) is 2.00. The Morgan fingerprint density at radius 3 is 2.26 bits per heavy atom. The van der Waals surface area contributed by atoms with Crippen LogP contribution in [0.15, 0.2) is 48.8 Å². The Labute approximate surface area is 114 Å². The molecule has 3 heteroatoms. The van der Waals surface area contributed by atoms with Crippen molar-refractivity contribution in [1.29, 1.82) is 0 Å². The Morgan fingerprint density at radius 1 is 1.05 bits per heavy atom. The summed E-state index contributed by atoms with van der Waals surface area (Å²) >= 11 is 0. The molecule has 0 saturated heterocycles. The molecule has 0 atom stereocenters. The molecule has 0 spiro atoms. The van der Waals surface area contributed by atoms with E-state index in [1.807, 2.05) is 24.3 Å². The lowest BCUT2D eigenvalue weighted by Gasteiger charge is -2.27. The largest absolute Gasteiger partial charge is 0.483 e. The lowest BCUT2D eigenvalue weighted by molar-refractivity contribution is 0.108. The molecule has 2 aromatic rings. The van der Waals surface area contributed by atoms with Crippen LogP contribution in [0.4, 0.5) is 0 Å². The van der Waals surface area contributed by atoms with Gasteiger partial charge in [0.1, 0.15) is 11.4 Å². The van der Waals surface area contributed by atoms with Crippen molar-refractivity contribution in [3.63, 3.8) is 0 Å². The molecule has 1 aromatic carbocycles. The molecule has 2 N–H and O–H groups in total. The molecule has 19 heavy (non-hydrogen) atoms. The van der Waals surface area contributed by atoms with E-state index in [0.29, 0.717) is 6.54 Å². The number of pyridine rings is 1. The van der Waals surface area contributed by atoms with Crippen molar-refractivity contribution in [3.05, 3.63) is 59.9 Å². The van der Waals surface area contributed by atoms with Crippen LogP contribution in [0.2, 0.25) is 0 Å². The fraction of sp³-hybridized carbons (Fsp3) is 0.312. The average molecular weight is 256 g/mol. The second-order valence-corrected chi connectivity index (χ2v) is 5.03. The van der Waals surface area contributed by atoms with Gasteiger partial charge in [0.25, 0.3) is 0 Å². The van der Waals surface area contributed by atoms with Gasteiger partial charge in [-0.15, -0.1) is 0 Å². The van der Waals surface area contributed by atoms with Gasteiger partial charge in [-0.3, -0.25) is 4.98 Å². The zero-order chi connectivity index (χ0) is 13.7. The minimum Gasteiger partial charge on any atom is -0.483 e. The van der Waals surface area contributed by atoms with Gasteiger partial charge in [0.15, 0.2) is 0 Å². The van der Waals surface area contributed by atoms with Crippen LogP contribution in [-0.4, -0.2) is 11.5 Å². The summed E-state index contributed by atoms with van der Waals surface area (Å²) in [5.74, 6) is 0.864. The summed E-state index contributed by atoms with van der Waals surface area (Å²) in [6.07, 6.45) is 4.46. The van der Waals surface area contributed by atoms with Gasteiger partial charge >= 0.3 is 0 Å².